The molecule has 2 fully saturated rings. The van der Waals surface area contributed by atoms with Gasteiger partial charge in [0.15, 0.2) is 0 Å². The summed E-state index contributed by atoms with van der Waals surface area (Å²) in [5.41, 5.74) is -0.408. The molecule has 2 aromatic carbocycles. The van der Waals surface area contributed by atoms with Gasteiger partial charge in [0.05, 0.1) is 27.9 Å². The van der Waals surface area contributed by atoms with E-state index in [4.69, 9.17) is 0 Å². The third-order valence-electron chi connectivity index (χ3n) is 8.35. The van der Waals surface area contributed by atoms with Crippen LogP contribution in [0.15, 0.2) is 60.8 Å². The van der Waals surface area contributed by atoms with Gasteiger partial charge in [-0.05, 0) is 62.7 Å². The van der Waals surface area contributed by atoms with Crippen molar-refractivity contribution in [2.45, 2.75) is 43.3 Å². The van der Waals surface area contributed by atoms with Gasteiger partial charge in [0.1, 0.15) is 6.07 Å². The molecule has 5 rings (SSSR count). The molecule has 2 aliphatic heterocycles. The zero-order valence-electron chi connectivity index (χ0n) is 23.0. The van der Waals surface area contributed by atoms with Gasteiger partial charge in [-0.3, -0.25) is 9.78 Å². The van der Waals surface area contributed by atoms with Crippen LogP contribution in [0.1, 0.15) is 47.9 Å². The molecule has 1 atom stereocenters. The number of benzene rings is 2. The molecule has 1 aromatic heterocycles. The number of hydrogen-bond acceptors (Lipinski definition) is 5. The van der Waals surface area contributed by atoms with E-state index in [1.807, 2.05) is 18.0 Å². The zero-order chi connectivity index (χ0) is 30.1. The summed E-state index contributed by atoms with van der Waals surface area (Å²) in [5.74, 6) is -0.169. The SMILES string of the molecule is CN1CC[C@H](NC(=O)C2(c3ccc(-c4ccccc4C(F)F)nc3)CCN(c3ccc(C(F)(F)F)cc3C#N)CC2)C1. The largest absolute Gasteiger partial charge is 0.416 e. The maximum atomic E-state index is 14.0. The third-order valence-corrected chi connectivity index (χ3v) is 8.35. The number of carbonyl (C=O) groups is 1. The van der Waals surface area contributed by atoms with Crippen molar-refractivity contribution in [3.8, 4) is 17.3 Å². The maximum absolute atomic E-state index is 14.0. The van der Waals surface area contributed by atoms with Crippen molar-refractivity contribution in [1.29, 1.82) is 5.26 Å². The predicted molar refractivity (Wildman–Crippen MR) is 148 cm³/mol. The number of likely N-dealkylation sites (N-methyl/N-ethyl adjacent to an activating group) is 1. The standard InChI is InChI=1S/C31H30F5N5O/c1-40-13-10-23(19-40)39-29(42)30(22-6-8-26(38-18-22)24-4-2-3-5-25(24)28(32)33)11-14-41(15-12-30)27-9-7-21(31(34,35)36)16-20(27)17-37/h2-9,16,18,23,28H,10-15,19H2,1H3,(H,39,42)/t23-/m0/s1. The Hall–Kier alpha value is -4.04. The number of rotatable bonds is 6. The smallest absolute Gasteiger partial charge is 0.370 e. The van der Waals surface area contributed by atoms with Gasteiger partial charge in [0, 0.05) is 43.0 Å². The maximum Gasteiger partial charge on any atom is 0.416 e. The van der Waals surface area contributed by atoms with Gasteiger partial charge in [-0.15, -0.1) is 0 Å². The van der Waals surface area contributed by atoms with Gasteiger partial charge in [-0.25, -0.2) is 8.78 Å². The fraction of sp³-hybridized carbons (Fsp3) is 0.387. The van der Waals surface area contributed by atoms with Gasteiger partial charge < -0.3 is 15.1 Å². The zero-order valence-corrected chi connectivity index (χ0v) is 23.0. The average molecular weight is 584 g/mol. The van der Waals surface area contributed by atoms with Crippen molar-refractivity contribution in [2.24, 2.45) is 0 Å². The number of halogens is 5. The summed E-state index contributed by atoms with van der Waals surface area (Å²) in [6.45, 7) is 2.20. The number of piperidine rings is 1. The van der Waals surface area contributed by atoms with Crippen LogP contribution in [0.3, 0.4) is 0 Å². The summed E-state index contributed by atoms with van der Waals surface area (Å²) in [5, 5.41) is 12.8. The van der Waals surface area contributed by atoms with Crippen LogP contribution in [0.4, 0.5) is 27.6 Å². The normalized spacial score (nSPS) is 19.1. The minimum atomic E-state index is -4.57. The first-order chi connectivity index (χ1) is 20.0. The second-order valence-electron chi connectivity index (χ2n) is 11.0. The van der Waals surface area contributed by atoms with Crippen LogP contribution < -0.4 is 10.2 Å². The van der Waals surface area contributed by atoms with E-state index in [-0.39, 0.29) is 23.1 Å². The van der Waals surface area contributed by atoms with Crippen LogP contribution in [0.25, 0.3) is 11.3 Å². The van der Waals surface area contributed by atoms with Crippen molar-refractivity contribution >= 4 is 11.6 Å². The molecule has 1 N–H and O–H groups in total. The average Bonchev–Trinajstić information content (AvgIpc) is 3.40. The Balaban J connectivity index is 1.45. The third kappa shape index (κ3) is 5.81. The highest BCUT2D eigenvalue weighted by molar-refractivity contribution is 5.89. The number of carbonyl (C=O) groups excluding carboxylic acids is 1. The lowest BCUT2D eigenvalue weighted by molar-refractivity contribution is -0.137. The highest BCUT2D eigenvalue weighted by Crippen LogP contribution is 2.40. The number of anilines is 1. The molecule has 0 spiro atoms. The Labute approximate surface area is 240 Å². The number of nitrogens with one attached hydrogen (secondary N) is 1. The van der Waals surface area contributed by atoms with Gasteiger partial charge >= 0.3 is 6.18 Å². The molecule has 0 aliphatic carbocycles. The molecule has 6 nitrogen and oxygen atoms in total. The number of hydrogen-bond donors (Lipinski definition) is 1. The minimum absolute atomic E-state index is 0.0253. The van der Waals surface area contributed by atoms with Crippen molar-refractivity contribution in [3.63, 3.8) is 0 Å². The van der Waals surface area contributed by atoms with Gasteiger partial charge in [-0.2, -0.15) is 18.4 Å². The van der Waals surface area contributed by atoms with Crippen molar-refractivity contribution in [1.82, 2.24) is 15.2 Å². The van der Waals surface area contributed by atoms with E-state index in [0.717, 1.165) is 25.1 Å². The number of nitrogens with zero attached hydrogens (tertiary/aromatic N) is 4. The molecule has 3 aromatic rings. The highest BCUT2D eigenvalue weighted by atomic mass is 19.4. The van der Waals surface area contributed by atoms with Crippen LogP contribution in [-0.2, 0) is 16.4 Å². The lowest BCUT2D eigenvalue weighted by atomic mass is 9.72. The Kier molecular flexibility index (Phi) is 8.19. The molecule has 0 saturated carbocycles. The molecule has 42 heavy (non-hydrogen) atoms. The minimum Gasteiger partial charge on any atom is -0.370 e. The molecule has 3 heterocycles. The van der Waals surface area contributed by atoms with E-state index >= 15 is 0 Å². The molecule has 2 aliphatic rings. The number of pyridine rings is 1. The molecule has 0 bridgehead atoms. The fourth-order valence-corrected chi connectivity index (χ4v) is 5.99. The fourth-order valence-electron chi connectivity index (χ4n) is 5.99. The molecule has 220 valence electrons. The second kappa shape index (κ2) is 11.7. The van der Waals surface area contributed by atoms with Gasteiger partial charge in [0.2, 0.25) is 5.91 Å². The summed E-state index contributed by atoms with van der Waals surface area (Å²) in [7, 11) is 1.98. The summed E-state index contributed by atoms with van der Waals surface area (Å²) < 4.78 is 66.9. The summed E-state index contributed by atoms with van der Waals surface area (Å²) in [4.78, 5) is 22.4. The van der Waals surface area contributed by atoms with E-state index in [1.54, 1.807) is 36.5 Å². The van der Waals surface area contributed by atoms with Crippen molar-refractivity contribution < 1.29 is 26.7 Å². The quantitative estimate of drug-likeness (QED) is 0.364. The molecule has 0 radical (unpaired) electrons. The number of likely N-dealkylation sites (tertiary alicyclic amines) is 1. The lowest BCUT2D eigenvalue weighted by Crippen LogP contribution is -2.54. The van der Waals surface area contributed by atoms with Gasteiger partial charge in [0.25, 0.3) is 6.43 Å². The van der Waals surface area contributed by atoms with Gasteiger partial charge in [-0.1, -0.05) is 30.3 Å². The van der Waals surface area contributed by atoms with Crippen LogP contribution >= 0.6 is 0 Å². The Morgan fingerprint density at radius 1 is 1.10 bits per heavy atom. The summed E-state index contributed by atoms with van der Waals surface area (Å²) in [6, 6.07) is 14.5. The van der Waals surface area contributed by atoms with E-state index in [1.165, 1.54) is 12.1 Å². The topological polar surface area (TPSA) is 72.3 Å². The lowest BCUT2D eigenvalue weighted by Gasteiger charge is -2.42. The Morgan fingerprint density at radius 2 is 1.83 bits per heavy atom. The van der Waals surface area contributed by atoms with E-state index in [2.05, 4.69) is 15.2 Å². The summed E-state index contributed by atoms with van der Waals surface area (Å²) >= 11 is 0. The van der Waals surface area contributed by atoms with Crippen molar-refractivity contribution in [2.75, 3.05) is 38.1 Å². The second-order valence-corrected chi connectivity index (χ2v) is 11.0. The molecular formula is C31H30F5N5O. The predicted octanol–water partition coefficient (Wildman–Crippen LogP) is 5.94. The molecule has 0 unspecified atom stereocenters. The molecular weight excluding hydrogens is 553 g/mol. The molecule has 11 heteroatoms. The van der Waals surface area contributed by atoms with E-state index in [9.17, 15) is 32.0 Å². The number of nitriles is 1. The highest BCUT2D eigenvalue weighted by Gasteiger charge is 2.44. The monoisotopic (exact) mass is 583 g/mol. The molecule has 2 saturated heterocycles. The van der Waals surface area contributed by atoms with Crippen molar-refractivity contribution in [3.05, 3.63) is 83.0 Å². The Morgan fingerprint density at radius 3 is 2.43 bits per heavy atom. The first-order valence-corrected chi connectivity index (χ1v) is 13.7. The molecule has 1 amide bonds. The number of aromatic nitrogens is 1. The van der Waals surface area contributed by atoms with E-state index in [0.29, 0.717) is 55.0 Å². The Bertz CT molecular complexity index is 1480. The summed E-state index contributed by atoms with van der Waals surface area (Å²) in [6.07, 6.45) is -4.22. The van der Waals surface area contributed by atoms with Crippen LogP contribution in [0.2, 0.25) is 0 Å². The van der Waals surface area contributed by atoms with Crippen LogP contribution in [-0.4, -0.2) is 55.1 Å². The number of alkyl halides is 5. The van der Waals surface area contributed by atoms with E-state index < -0.39 is 23.6 Å². The van der Waals surface area contributed by atoms with Crippen LogP contribution in [0.5, 0.6) is 0 Å². The van der Waals surface area contributed by atoms with Crippen LogP contribution in [0, 0.1) is 11.3 Å². The first-order valence-electron chi connectivity index (χ1n) is 13.7. The number of amides is 1. The first kappa shape index (κ1) is 29.5.